The van der Waals surface area contributed by atoms with Crippen LogP contribution in [0.25, 0.3) is 10.9 Å². The molecule has 0 saturated carbocycles. The first-order valence-corrected chi connectivity index (χ1v) is 8.48. The third-order valence-electron chi connectivity index (χ3n) is 4.71. The number of hydrogen-bond acceptors (Lipinski definition) is 3. The van der Waals surface area contributed by atoms with Gasteiger partial charge in [-0.15, -0.1) is 0 Å². The molecule has 0 atom stereocenters. The van der Waals surface area contributed by atoms with E-state index in [1.165, 1.54) is 5.56 Å². The van der Waals surface area contributed by atoms with E-state index in [0.29, 0.717) is 5.56 Å². The Bertz CT molecular complexity index is 687. The fourth-order valence-electron chi connectivity index (χ4n) is 3.40. The molecule has 1 aromatic heterocycles. The lowest BCUT2D eigenvalue weighted by Gasteiger charge is -2.26. The highest BCUT2D eigenvalue weighted by Gasteiger charge is 2.13. The molecule has 1 aliphatic rings. The van der Waals surface area contributed by atoms with Crippen LogP contribution >= 0.6 is 0 Å². The molecule has 0 bridgehead atoms. The van der Waals surface area contributed by atoms with Gasteiger partial charge in [-0.3, -0.25) is 0 Å². The van der Waals surface area contributed by atoms with Gasteiger partial charge >= 0.3 is 5.97 Å². The number of benzene rings is 1. The second-order valence-electron chi connectivity index (χ2n) is 6.23. The predicted octanol–water partition coefficient (Wildman–Crippen LogP) is 2.27. The van der Waals surface area contributed by atoms with Crippen molar-refractivity contribution >= 4 is 16.9 Å². The van der Waals surface area contributed by atoms with Crippen LogP contribution in [-0.2, 0) is 12.8 Å². The summed E-state index contributed by atoms with van der Waals surface area (Å²) in [5, 5.41) is 13.8. The Morgan fingerprint density at radius 1 is 1.26 bits per heavy atom. The first-order valence-electron chi connectivity index (χ1n) is 8.48. The number of rotatable bonds is 6. The molecule has 1 saturated heterocycles. The SMILES string of the molecule is CCc1cc(C(=O)O)cc2c(CCCN3CCNCC3)c[nH]c12. The minimum absolute atomic E-state index is 0.386. The molecule has 23 heavy (non-hydrogen) atoms. The Kier molecular flexibility index (Phi) is 4.98. The highest BCUT2D eigenvalue weighted by Crippen LogP contribution is 2.25. The molecule has 2 aromatic rings. The van der Waals surface area contributed by atoms with Crippen LogP contribution in [0.2, 0.25) is 0 Å². The number of aromatic carboxylic acids is 1. The molecule has 0 amide bonds. The Morgan fingerprint density at radius 3 is 2.74 bits per heavy atom. The van der Waals surface area contributed by atoms with Gasteiger partial charge in [-0.2, -0.15) is 0 Å². The van der Waals surface area contributed by atoms with E-state index in [0.717, 1.165) is 68.5 Å². The lowest BCUT2D eigenvalue weighted by atomic mass is 10.0. The number of nitrogens with one attached hydrogen (secondary N) is 2. The molecular weight excluding hydrogens is 290 g/mol. The van der Waals surface area contributed by atoms with Crippen molar-refractivity contribution in [2.45, 2.75) is 26.2 Å². The average Bonchev–Trinajstić information content (AvgIpc) is 2.98. The quantitative estimate of drug-likeness (QED) is 0.765. The van der Waals surface area contributed by atoms with E-state index in [9.17, 15) is 9.90 Å². The summed E-state index contributed by atoms with van der Waals surface area (Å²) < 4.78 is 0. The zero-order valence-electron chi connectivity index (χ0n) is 13.7. The summed E-state index contributed by atoms with van der Waals surface area (Å²) in [4.78, 5) is 17.2. The van der Waals surface area contributed by atoms with Gasteiger partial charge in [-0.05, 0) is 49.1 Å². The van der Waals surface area contributed by atoms with E-state index in [2.05, 4.69) is 22.1 Å². The molecule has 2 heterocycles. The standard InChI is InChI=1S/C18H25N3O2/c1-2-13-10-15(18(22)23)11-16-14(12-20-17(13)16)4-3-7-21-8-5-19-6-9-21/h10-12,19-20H,2-9H2,1H3,(H,22,23). The van der Waals surface area contributed by atoms with Crippen LogP contribution in [0.15, 0.2) is 18.3 Å². The number of fused-ring (bicyclic) bond motifs is 1. The van der Waals surface area contributed by atoms with E-state index in [4.69, 9.17) is 0 Å². The number of carboxylic acid groups (broad SMARTS) is 1. The van der Waals surface area contributed by atoms with E-state index in [1.807, 2.05) is 12.3 Å². The summed E-state index contributed by atoms with van der Waals surface area (Å²) in [5.74, 6) is -0.852. The van der Waals surface area contributed by atoms with Crippen LogP contribution in [0.1, 0.15) is 34.8 Å². The zero-order chi connectivity index (χ0) is 16.2. The van der Waals surface area contributed by atoms with Crippen molar-refractivity contribution in [3.63, 3.8) is 0 Å². The lowest BCUT2D eigenvalue weighted by Crippen LogP contribution is -2.43. The van der Waals surface area contributed by atoms with Gasteiger partial charge < -0.3 is 20.3 Å². The van der Waals surface area contributed by atoms with Gasteiger partial charge in [0.05, 0.1) is 5.56 Å². The van der Waals surface area contributed by atoms with Crippen molar-refractivity contribution in [1.29, 1.82) is 0 Å². The number of nitrogens with zero attached hydrogens (tertiary/aromatic N) is 1. The molecule has 0 radical (unpaired) electrons. The first kappa shape index (κ1) is 16.0. The van der Waals surface area contributed by atoms with Crippen molar-refractivity contribution in [3.8, 4) is 0 Å². The smallest absolute Gasteiger partial charge is 0.335 e. The summed E-state index contributed by atoms with van der Waals surface area (Å²) in [6.07, 6.45) is 4.97. The van der Waals surface area contributed by atoms with E-state index in [1.54, 1.807) is 6.07 Å². The summed E-state index contributed by atoms with van der Waals surface area (Å²) in [5.41, 5.74) is 3.79. The van der Waals surface area contributed by atoms with Crippen molar-refractivity contribution < 1.29 is 9.90 Å². The van der Waals surface area contributed by atoms with Crippen molar-refractivity contribution in [3.05, 3.63) is 35.0 Å². The molecule has 124 valence electrons. The molecule has 0 unspecified atom stereocenters. The van der Waals surface area contributed by atoms with Crippen LogP contribution in [0.3, 0.4) is 0 Å². The second kappa shape index (κ2) is 7.15. The van der Waals surface area contributed by atoms with Crippen LogP contribution in [0, 0.1) is 0 Å². The van der Waals surface area contributed by atoms with Crippen molar-refractivity contribution in [1.82, 2.24) is 15.2 Å². The third kappa shape index (κ3) is 3.57. The second-order valence-corrected chi connectivity index (χ2v) is 6.23. The normalized spacial score (nSPS) is 16.0. The number of carbonyl (C=O) groups is 1. The Balaban J connectivity index is 1.75. The van der Waals surface area contributed by atoms with Gasteiger partial charge in [0, 0.05) is 43.3 Å². The highest BCUT2D eigenvalue weighted by atomic mass is 16.4. The summed E-state index contributed by atoms with van der Waals surface area (Å²) in [7, 11) is 0. The third-order valence-corrected chi connectivity index (χ3v) is 4.71. The topological polar surface area (TPSA) is 68.4 Å². The molecular formula is C18H25N3O2. The minimum Gasteiger partial charge on any atom is -0.478 e. The molecule has 5 nitrogen and oxygen atoms in total. The number of aryl methyl sites for hydroxylation is 2. The van der Waals surface area contributed by atoms with Gasteiger partial charge in [-0.1, -0.05) is 6.92 Å². The van der Waals surface area contributed by atoms with Gasteiger partial charge in [0.25, 0.3) is 0 Å². The van der Waals surface area contributed by atoms with E-state index < -0.39 is 5.97 Å². The number of hydrogen-bond donors (Lipinski definition) is 3. The lowest BCUT2D eigenvalue weighted by molar-refractivity contribution is 0.0697. The van der Waals surface area contributed by atoms with Crippen molar-refractivity contribution in [2.75, 3.05) is 32.7 Å². The molecule has 3 rings (SSSR count). The molecule has 1 fully saturated rings. The first-order chi connectivity index (χ1) is 11.2. The van der Waals surface area contributed by atoms with Gasteiger partial charge in [0.15, 0.2) is 0 Å². The van der Waals surface area contributed by atoms with Crippen LogP contribution in [0.4, 0.5) is 0 Å². The van der Waals surface area contributed by atoms with Crippen LogP contribution in [-0.4, -0.2) is 53.7 Å². The highest BCUT2D eigenvalue weighted by molar-refractivity contribution is 5.96. The van der Waals surface area contributed by atoms with Gasteiger partial charge in [0.1, 0.15) is 0 Å². The average molecular weight is 315 g/mol. The molecule has 0 spiro atoms. The molecule has 0 aliphatic carbocycles. The Labute approximate surface area is 136 Å². The zero-order valence-corrected chi connectivity index (χ0v) is 13.7. The summed E-state index contributed by atoms with van der Waals surface area (Å²) >= 11 is 0. The summed E-state index contributed by atoms with van der Waals surface area (Å²) in [6.45, 7) is 7.57. The van der Waals surface area contributed by atoms with Crippen LogP contribution in [0.5, 0.6) is 0 Å². The van der Waals surface area contributed by atoms with Gasteiger partial charge in [0.2, 0.25) is 0 Å². The number of aromatic amines is 1. The van der Waals surface area contributed by atoms with Crippen LogP contribution < -0.4 is 5.32 Å². The Morgan fingerprint density at radius 2 is 2.04 bits per heavy atom. The minimum atomic E-state index is -0.852. The molecule has 3 N–H and O–H groups in total. The monoisotopic (exact) mass is 315 g/mol. The molecule has 1 aliphatic heterocycles. The fraction of sp³-hybridized carbons (Fsp3) is 0.500. The van der Waals surface area contributed by atoms with E-state index >= 15 is 0 Å². The fourth-order valence-corrected chi connectivity index (χ4v) is 3.40. The maximum absolute atomic E-state index is 11.3. The number of piperazine rings is 1. The molecule has 1 aromatic carbocycles. The number of H-pyrrole nitrogens is 1. The van der Waals surface area contributed by atoms with Crippen molar-refractivity contribution in [2.24, 2.45) is 0 Å². The van der Waals surface area contributed by atoms with Gasteiger partial charge in [-0.25, -0.2) is 4.79 Å². The Hall–Kier alpha value is -1.85. The number of aromatic nitrogens is 1. The number of carboxylic acids is 1. The summed E-state index contributed by atoms with van der Waals surface area (Å²) in [6, 6.07) is 3.60. The van der Waals surface area contributed by atoms with E-state index in [-0.39, 0.29) is 0 Å². The maximum atomic E-state index is 11.3. The maximum Gasteiger partial charge on any atom is 0.335 e. The molecule has 5 heteroatoms. The largest absolute Gasteiger partial charge is 0.478 e. The predicted molar refractivity (Wildman–Crippen MR) is 92.3 cm³/mol.